The number of ether oxygens (including phenoxy) is 10. The summed E-state index contributed by atoms with van der Waals surface area (Å²) in [6, 6.07) is 0. The Morgan fingerprint density at radius 3 is 1.14 bits per heavy atom. The van der Waals surface area contributed by atoms with Crippen molar-refractivity contribution >= 4 is 41.8 Å². The van der Waals surface area contributed by atoms with Crippen molar-refractivity contribution in [2.45, 2.75) is 152 Å². The van der Waals surface area contributed by atoms with Gasteiger partial charge in [0.15, 0.2) is 36.8 Å². The summed E-state index contributed by atoms with van der Waals surface area (Å²) in [7, 11) is 0. The molecule has 0 radical (unpaired) electrons. The third kappa shape index (κ3) is 13.7. The first-order valence-electron chi connectivity index (χ1n) is 19.3. The molecule has 0 spiro atoms. The molecular weight excluding hydrogens is 740 g/mol. The van der Waals surface area contributed by atoms with E-state index in [0.29, 0.717) is 0 Å². The Morgan fingerprint density at radius 2 is 0.732 bits per heavy atom. The molecule has 2 aliphatic heterocycles. The van der Waals surface area contributed by atoms with Crippen LogP contribution in [0.1, 0.15) is 96.9 Å². The van der Waals surface area contributed by atoms with Gasteiger partial charge in [-0.2, -0.15) is 0 Å². The lowest BCUT2D eigenvalue weighted by Crippen LogP contribution is -2.64. The fourth-order valence-corrected chi connectivity index (χ4v) is 4.84. The number of hydrogen-bond donors (Lipinski definition) is 0. The van der Waals surface area contributed by atoms with Crippen LogP contribution in [0.3, 0.4) is 0 Å². The SMILES string of the molecule is CC(C)C(=O)O[C@H]1O[C@H](CO[C@@H]2OC[C@H](OC(=O)C(C)C)[C@H](OC(=O)C(C)C)[C@H]2OC(=O)C(C)C)[C@@H](OC(=O)C(C)C)[C@H](OC(=O)C(C)C)[C@H]1OC(=O)C(C)C. The summed E-state index contributed by atoms with van der Waals surface area (Å²) in [6.45, 7) is 21.2. The maximum atomic E-state index is 13.2. The normalized spacial score (nSPS) is 26.7. The highest BCUT2D eigenvalue weighted by atomic mass is 16.8. The van der Waals surface area contributed by atoms with Crippen molar-refractivity contribution in [3.63, 3.8) is 0 Å². The van der Waals surface area contributed by atoms with Crippen LogP contribution in [0.15, 0.2) is 0 Å². The minimum absolute atomic E-state index is 0.358. The van der Waals surface area contributed by atoms with E-state index < -0.39 is 145 Å². The summed E-state index contributed by atoms with van der Waals surface area (Å²) < 4.78 is 58.7. The Morgan fingerprint density at radius 1 is 0.411 bits per heavy atom. The molecule has 0 N–H and O–H groups in total. The van der Waals surface area contributed by atoms with Crippen molar-refractivity contribution in [3.8, 4) is 0 Å². The highest BCUT2D eigenvalue weighted by Crippen LogP contribution is 2.33. The van der Waals surface area contributed by atoms with E-state index in [0.717, 1.165) is 0 Å². The third-order valence-electron chi connectivity index (χ3n) is 8.46. The molecule has 17 heteroatoms. The second-order valence-corrected chi connectivity index (χ2v) is 16.1. The van der Waals surface area contributed by atoms with Gasteiger partial charge in [-0.3, -0.25) is 33.6 Å². The van der Waals surface area contributed by atoms with Crippen LogP contribution in [0.5, 0.6) is 0 Å². The molecule has 2 saturated heterocycles. The Bertz CT molecular complexity index is 1370. The zero-order valence-corrected chi connectivity index (χ0v) is 35.1. The quantitative estimate of drug-likeness (QED) is 0.152. The van der Waals surface area contributed by atoms with E-state index in [1.807, 2.05) is 0 Å². The van der Waals surface area contributed by atoms with Crippen LogP contribution >= 0.6 is 0 Å². The van der Waals surface area contributed by atoms with Crippen LogP contribution in [0, 0.1) is 41.4 Å². The van der Waals surface area contributed by atoms with Crippen LogP contribution in [0.25, 0.3) is 0 Å². The molecule has 2 aliphatic rings. The largest absolute Gasteiger partial charge is 0.456 e. The standard InChI is InChI=1S/C39H62O17/c1-17(2)31(40)49-24-15-47-38(29(54-35(44)21(9)10)27(24)52-33(42)19(5)6)48-16-25-26(51-32(41)18(3)4)28(53-34(43)20(7)8)30(55-36(45)22(11)12)39(50-25)56-37(46)23(13)14/h17-30,38-39H,15-16H2,1-14H3/t24-,25+,26+,27-,28-,29+,30+,38-,39+/m0/s1. The van der Waals surface area contributed by atoms with E-state index in [1.54, 1.807) is 96.9 Å². The fourth-order valence-electron chi connectivity index (χ4n) is 4.84. The Kier molecular flexibility index (Phi) is 18.7. The number of esters is 7. The van der Waals surface area contributed by atoms with E-state index in [-0.39, 0.29) is 6.61 Å². The molecular formula is C39H62O17. The molecule has 0 amide bonds. The maximum Gasteiger partial charge on any atom is 0.310 e. The molecule has 0 aliphatic carbocycles. The topological polar surface area (TPSA) is 212 Å². The lowest BCUT2D eigenvalue weighted by atomic mass is 9.97. The molecule has 320 valence electrons. The molecule has 0 aromatic rings. The van der Waals surface area contributed by atoms with E-state index >= 15 is 0 Å². The number of rotatable bonds is 17. The van der Waals surface area contributed by atoms with Gasteiger partial charge in [0.25, 0.3) is 0 Å². The highest BCUT2D eigenvalue weighted by molar-refractivity contribution is 5.75. The second kappa shape index (κ2) is 21.6. The van der Waals surface area contributed by atoms with E-state index in [9.17, 15) is 33.6 Å². The van der Waals surface area contributed by atoms with Gasteiger partial charge in [0, 0.05) is 0 Å². The van der Waals surface area contributed by atoms with Crippen molar-refractivity contribution in [2.24, 2.45) is 41.4 Å². The first-order chi connectivity index (χ1) is 26.0. The van der Waals surface area contributed by atoms with E-state index in [4.69, 9.17) is 47.4 Å². The summed E-state index contributed by atoms with van der Waals surface area (Å²) >= 11 is 0. The lowest BCUT2D eigenvalue weighted by molar-refractivity contribution is -0.322. The zero-order chi connectivity index (χ0) is 42.8. The maximum absolute atomic E-state index is 13.2. The molecule has 0 aromatic heterocycles. The van der Waals surface area contributed by atoms with Gasteiger partial charge in [-0.15, -0.1) is 0 Å². The molecule has 2 rings (SSSR count). The lowest BCUT2D eigenvalue weighted by Gasteiger charge is -2.45. The van der Waals surface area contributed by atoms with Crippen LogP contribution in [0.2, 0.25) is 0 Å². The molecule has 0 saturated carbocycles. The van der Waals surface area contributed by atoms with Gasteiger partial charge in [0.05, 0.1) is 54.6 Å². The molecule has 9 atom stereocenters. The van der Waals surface area contributed by atoms with Crippen LogP contribution < -0.4 is 0 Å². The predicted molar refractivity (Wildman–Crippen MR) is 194 cm³/mol. The molecule has 2 fully saturated rings. The third-order valence-corrected chi connectivity index (χ3v) is 8.46. The summed E-state index contributed by atoms with van der Waals surface area (Å²) in [6.07, 6.45) is -13.4. The van der Waals surface area contributed by atoms with Crippen LogP contribution in [-0.2, 0) is 80.9 Å². The number of carbonyl (C=O) groups excluding carboxylic acids is 7. The average molecular weight is 803 g/mol. The zero-order valence-electron chi connectivity index (χ0n) is 35.1. The van der Waals surface area contributed by atoms with Crippen LogP contribution in [-0.4, -0.2) is 110 Å². The molecule has 56 heavy (non-hydrogen) atoms. The van der Waals surface area contributed by atoms with E-state index in [1.165, 1.54) is 0 Å². The van der Waals surface area contributed by atoms with Gasteiger partial charge >= 0.3 is 41.8 Å². The fraction of sp³-hybridized carbons (Fsp3) is 0.821. The van der Waals surface area contributed by atoms with Crippen molar-refractivity contribution < 1.29 is 80.9 Å². The smallest absolute Gasteiger partial charge is 0.310 e. The van der Waals surface area contributed by atoms with Crippen molar-refractivity contribution in [2.75, 3.05) is 13.2 Å². The number of hydrogen-bond acceptors (Lipinski definition) is 17. The summed E-state index contributed by atoms with van der Waals surface area (Å²) in [5, 5.41) is 0. The molecule has 0 aromatic carbocycles. The van der Waals surface area contributed by atoms with Gasteiger partial charge in [-0.25, -0.2) is 0 Å². The first kappa shape index (κ1) is 48.3. The van der Waals surface area contributed by atoms with Crippen LogP contribution in [0.4, 0.5) is 0 Å². The minimum Gasteiger partial charge on any atom is -0.456 e. The summed E-state index contributed by atoms with van der Waals surface area (Å²) in [5.74, 6) is -9.59. The number of carbonyl (C=O) groups is 7. The Hall–Kier alpha value is -3.83. The molecule has 0 unspecified atom stereocenters. The summed E-state index contributed by atoms with van der Waals surface area (Å²) in [4.78, 5) is 91.2. The molecule has 0 bridgehead atoms. The van der Waals surface area contributed by atoms with Gasteiger partial charge in [0.1, 0.15) is 6.10 Å². The average Bonchev–Trinajstić information content (AvgIpc) is 3.10. The second-order valence-electron chi connectivity index (χ2n) is 16.1. The summed E-state index contributed by atoms with van der Waals surface area (Å²) in [5.41, 5.74) is 0. The van der Waals surface area contributed by atoms with E-state index in [2.05, 4.69) is 0 Å². The minimum atomic E-state index is -1.69. The molecule has 17 nitrogen and oxygen atoms in total. The molecule has 2 heterocycles. The van der Waals surface area contributed by atoms with Crippen molar-refractivity contribution in [1.82, 2.24) is 0 Å². The Labute approximate surface area is 329 Å². The van der Waals surface area contributed by atoms with Gasteiger partial charge in [0.2, 0.25) is 12.4 Å². The first-order valence-corrected chi connectivity index (χ1v) is 19.3. The van der Waals surface area contributed by atoms with Gasteiger partial charge < -0.3 is 47.4 Å². The van der Waals surface area contributed by atoms with Gasteiger partial charge in [-0.05, 0) is 0 Å². The Balaban J connectivity index is 2.70. The highest BCUT2D eigenvalue weighted by Gasteiger charge is 2.56. The van der Waals surface area contributed by atoms with Crippen molar-refractivity contribution in [3.05, 3.63) is 0 Å². The monoisotopic (exact) mass is 802 g/mol. The van der Waals surface area contributed by atoms with Crippen molar-refractivity contribution in [1.29, 1.82) is 0 Å². The predicted octanol–water partition coefficient (Wildman–Crippen LogP) is 3.69. The van der Waals surface area contributed by atoms with Gasteiger partial charge in [-0.1, -0.05) is 96.9 Å².